The number of rotatable bonds is 7. The van der Waals surface area contributed by atoms with Gasteiger partial charge in [0.15, 0.2) is 0 Å². The van der Waals surface area contributed by atoms with Crippen molar-refractivity contribution in [1.29, 1.82) is 5.26 Å². The van der Waals surface area contributed by atoms with Crippen LogP contribution in [0, 0.1) is 11.3 Å². The molecule has 1 rings (SSSR count). The van der Waals surface area contributed by atoms with Crippen LogP contribution in [0.5, 0.6) is 0 Å². The number of nitrogens with two attached hydrogens (primary N) is 1. The summed E-state index contributed by atoms with van der Waals surface area (Å²) in [7, 11) is 0. The first-order valence-electron chi connectivity index (χ1n) is 5.33. The van der Waals surface area contributed by atoms with E-state index in [0.29, 0.717) is 23.5 Å². The number of hydrogen-bond acceptors (Lipinski definition) is 5. The van der Waals surface area contributed by atoms with Crippen molar-refractivity contribution in [2.45, 2.75) is 12.8 Å². The van der Waals surface area contributed by atoms with Gasteiger partial charge in [-0.25, -0.2) is 0 Å². The van der Waals surface area contributed by atoms with Crippen LogP contribution in [0.3, 0.4) is 0 Å². The van der Waals surface area contributed by atoms with Gasteiger partial charge in [0.05, 0.1) is 5.56 Å². The minimum absolute atomic E-state index is 0.0378. The Morgan fingerprint density at radius 3 is 3.12 bits per heavy atom. The number of nitrogens with one attached hydrogen (secondary N) is 1. The Balaban J connectivity index is 2.24. The van der Waals surface area contributed by atoms with Gasteiger partial charge in [0.25, 0.3) is 0 Å². The summed E-state index contributed by atoms with van der Waals surface area (Å²) in [5, 5.41) is 14.0. The zero-order chi connectivity index (χ0) is 12.5. The summed E-state index contributed by atoms with van der Waals surface area (Å²) >= 11 is 3.10. The van der Waals surface area contributed by atoms with Crippen molar-refractivity contribution >= 4 is 34.0 Å². The molecule has 1 heterocycles. The fourth-order valence-electron chi connectivity index (χ4n) is 1.14. The molecule has 0 unspecified atom stereocenters. The van der Waals surface area contributed by atoms with Crippen LogP contribution >= 0.6 is 23.1 Å². The van der Waals surface area contributed by atoms with Crippen LogP contribution in [0.25, 0.3) is 0 Å². The third-order valence-electron chi connectivity index (χ3n) is 2.00. The molecular formula is C11H15N3OS2. The molecule has 0 radical (unpaired) electrons. The summed E-state index contributed by atoms with van der Waals surface area (Å²) in [6, 6.07) is 3.75. The summed E-state index contributed by atoms with van der Waals surface area (Å²) in [4.78, 5) is 11.6. The highest BCUT2D eigenvalue weighted by Gasteiger charge is 2.07. The number of thioether (sulfide) groups is 1. The second-order valence-electron chi connectivity index (χ2n) is 3.33. The number of hydrogen-bond donors (Lipinski definition) is 2. The van der Waals surface area contributed by atoms with E-state index in [0.717, 1.165) is 17.9 Å². The zero-order valence-electron chi connectivity index (χ0n) is 9.44. The number of nitrogens with zero attached hydrogens (tertiary/aromatic N) is 1. The van der Waals surface area contributed by atoms with Gasteiger partial charge >= 0.3 is 0 Å². The van der Waals surface area contributed by atoms with Gasteiger partial charge in [0, 0.05) is 12.2 Å². The molecule has 1 aromatic rings. The predicted octanol–water partition coefficient (Wildman–Crippen LogP) is 2.03. The van der Waals surface area contributed by atoms with Crippen molar-refractivity contribution in [2.24, 2.45) is 5.73 Å². The fourth-order valence-corrected chi connectivity index (χ4v) is 2.79. The topological polar surface area (TPSA) is 78.9 Å². The highest BCUT2D eigenvalue weighted by atomic mass is 32.2. The van der Waals surface area contributed by atoms with Crippen LogP contribution in [0.15, 0.2) is 11.4 Å². The molecule has 3 N–H and O–H groups in total. The smallest absolute Gasteiger partial charge is 0.225 e. The van der Waals surface area contributed by atoms with Crippen molar-refractivity contribution in [3.8, 4) is 6.07 Å². The molecule has 4 nitrogen and oxygen atoms in total. The van der Waals surface area contributed by atoms with Crippen molar-refractivity contribution in [2.75, 3.05) is 23.4 Å². The lowest BCUT2D eigenvalue weighted by Crippen LogP contribution is -2.12. The molecule has 17 heavy (non-hydrogen) atoms. The maximum Gasteiger partial charge on any atom is 0.225 e. The minimum atomic E-state index is -0.0378. The Bertz CT molecular complexity index is 398. The van der Waals surface area contributed by atoms with Crippen molar-refractivity contribution in [3.05, 3.63) is 17.0 Å². The Hall–Kier alpha value is -1.03. The molecule has 0 atom stereocenters. The van der Waals surface area contributed by atoms with Gasteiger partial charge in [-0.1, -0.05) is 0 Å². The van der Waals surface area contributed by atoms with E-state index in [-0.39, 0.29) is 5.91 Å². The molecule has 0 aliphatic heterocycles. The largest absolute Gasteiger partial charge is 0.330 e. The Morgan fingerprint density at radius 2 is 2.41 bits per heavy atom. The maximum atomic E-state index is 11.6. The first kappa shape index (κ1) is 14.0. The van der Waals surface area contributed by atoms with Gasteiger partial charge in [-0.2, -0.15) is 17.0 Å². The minimum Gasteiger partial charge on any atom is -0.330 e. The first-order valence-corrected chi connectivity index (χ1v) is 7.36. The summed E-state index contributed by atoms with van der Waals surface area (Å²) in [5.41, 5.74) is 5.90. The first-order chi connectivity index (χ1) is 8.27. The zero-order valence-corrected chi connectivity index (χ0v) is 11.1. The monoisotopic (exact) mass is 269 g/mol. The molecule has 92 valence electrons. The highest BCUT2D eigenvalue weighted by Crippen LogP contribution is 2.22. The molecule has 1 amide bonds. The lowest BCUT2D eigenvalue weighted by molar-refractivity contribution is -0.115. The summed E-state index contributed by atoms with van der Waals surface area (Å²) in [6.45, 7) is 0.694. The Morgan fingerprint density at radius 1 is 1.59 bits per heavy atom. The van der Waals surface area contributed by atoms with Gasteiger partial charge in [0.1, 0.15) is 11.1 Å². The van der Waals surface area contributed by atoms with Crippen LogP contribution in [-0.4, -0.2) is 24.0 Å². The van der Waals surface area contributed by atoms with E-state index in [1.165, 1.54) is 11.3 Å². The number of thiophene rings is 1. The number of amides is 1. The standard InChI is InChI=1S/C11H15N3OS2/c12-4-1-5-16-6-3-10(15)14-11-9(8-13)2-7-17-11/h2,7H,1,3-6,12H2,(H,14,15). The quantitative estimate of drug-likeness (QED) is 0.742. The number of carbonyl (C=O) groups excluding carboxylic acids is 1. The molecular weight excluding hydrogens is 254 g/mol. The third kappa shape index (κ3) is 5.22. The van der Waals surface area contributed by atoms with E-state index >= 15 is 0 Å². The third-order valence-corrected chi connectivity index (χ3v) is 3.90. The normalized spacial score (nSPS) is 9.88. The second-order valence-corrected chi connectivity index (χ2v) is 5.47. The molecule has 0 spiro atoms. The average Bonchev–Trinajstić information content (AvgIpc) is 2.76. The van der Waals surface area contributed by atoms with Gasteiger partial charge in [0.2, 0.25) is 5.91 Å². The van der Waals surface area contributed by atoms with E-state index in [4.69, 9.17) is 11.0 Å². The van der Waals surface area contributed by atoms with E-state index in [1.807, 2.05) is 6.07 Å². The van der Waals surface area contributed by atoms with Crippen LogP contribution in [-0.2, 0) is 4.79 Å². The van der Waals surface area contributed by atoms with Crippen molar-refractivity contribution < 1.29 is 4.79 Å². The van der Waals surface area contributed by atoms with E-state index in [9.17, 15) is 4.79 Å². The van der Waals surface area contributed by atoms with E-state index in [1.54, 1.807) is 23.2 Å². The number of carbonyl (C=O) groups is 1. The number of anilines is 1. The molecule has 0 aliphatic rings. The van der Waals surface area contributed by atoms with Gasteiger partial charge in [-0.3, -0.25) is 4.79 Å². The molecule has 0 aliphatic carbocycles. The van der Waals surface area contributed by atoms with E-state index < -0.39 is 0 Å². The summed E-state index contributed by atoms with van der Waals surface area (Å²) in [5.74, 6) is 1.75. The van der Waals surface area contributed by atoms with Crippen molar-refractivity contribution in [1.82, 2.24) is 0 Å². The SMILES string of the molecule is N#Cc1ccsc1NC(=O)CCSCCCN. The average molecular weight is 269 g/mol. The fraction of sp³-hybridized carbons (Fsp3) is 0.455. The van der Waals surface area contributed by atoms with Gasteiger partial charge in [-0.15, -0.1) is 11.3 Å². The molecule has 0 fully saturated rings. The summed E-state index contributed by atoms with van der Waals surface area (Å²) in [6.07, 6.45) is 1.45. The highest BCUT2D eigenvalue weighted by molar-refractivity contribution is 7.99. The summed E-state index contributed by atoms with van der Waals surface area (Å²) < 4.78 is 0. The van der Waals surface area contributed by atoms with Crippen LogP contribution in [0.4, 0.5) is 5.00 Å². The maximum absolute atomic E-state index is 11.6. The molecule has 0 saturated carbocycles. The Kier molecular flexibility index (Phi) is 6.70. The van der Waals surface area contributed by atoms with Gasteiger partial charge < -0.3 is 11.1 Å². The lowest BCUT2D eigenvalue weighted by Gasteiger charge is -2.03. The van der Waals surface area contributed by atoms with Crippen LogP contribution < -0.4 is 11.1 Å². The van der Waals surface area contributed by atoms with Crippen LogP contribution in [0.1, 0.15) is 18.4 Å². The molecule has 0 aromatic carbocycles. The molecule has 6 heteroatoms. The van der Waals surface area contributed by atoms with Crippen molar-refractivity contribution in [3.63, 3.8) is 0 Å². The lowest BCUT2D eigenvalue weighted by atomic mass is 10.3. The van der Waals surface area contributed by atoms with Crippen LogP contribution in [0.2, 0.25) is 0 Å². The number of nitriles is 1. The van der Waals surface area contributed by atoms with E-state index in [2.05, 4.69) is 5.32 Å². The molecule has 0 bridgehead atoms. The molecule has 1 aromatic heterocycles. The Labute approximate surface area is 109 Å². The predicted molar refractivity (Wildman–Crippen MR) is 73.3 cm³/mol. The van der Waals surface area contributed by atoms with Gasteiger partial charge in [-0.05, 0) is 30.2 Å². The second kappa shape index (κ2) is 8.12. The molecule has 0 saturated heterocycles.